The van der Waals surface area contributed by atoms with E-state index in [0.717, 1.165) is 49.5 Å². The van der Waals surface area contributed by atoms with Crippen LogP contribution in [-0.2, 0) is 4.79 Å². The van der Waals surface area contributed by atoms with Crippen LogP contribution in [0.2, 0.25) is 5.02 Å². The van der Waals surface area contributed by atoms with Gasteiger partial charge in [-0.15, -0.1) is 0 Å². The number of aromatic nitrogens is 1. The first-order valence-corrected chi connectivity index (χ1v) is 10.1. The third-order valence-corrected chi connectivity index (χ3v) is 5.82. The van der Waals surface area contributed by atoms with E-state index in [1.807, 2.05) is 24.3 Å². The van der Waals surface area contributed by atoms with Gasteiger partial charge in [-0.1, -0.05) is 35.1 Å². The van der Waals surface area contributed by atoms with Gasteiger partial charge < -0.3 is 15.1 Å². The average Bonchev–Trinajstić information content (AvgIpc) is 3.09. The lowest BCUT2D eigenvalue weighted by molar-refractivity contribution is -0.121. The third kappa shape index (κ3) is 5.27. The maximum Gasteiger partial charge on any atom is 0.230 e. The molecule has 1 fully saturated rings. The molecular weight excluding hydrogens is 368 g/mol. The fourth-order valence-corrected chi connectivity index (χ4v) is 4.05. The van der Waals surface area contributed by atoms with E-state index in [4.69, 9.17) is 11.6 Å². The molecule has 1 aromatic carbocycles. The van der Waals surface area contributed by atoms with Gasteiger partial charge in [-0.25, -0.2) is 4.98 Å². The van der Waals surface area contributed by atoms with Crippen molar-refractivity contribution in [2.75, 3.05) is 45.6 Å². The molecule has 5 nitrogen and oxygen atoms in total. The van der Waals surface area contributed by atoms with Crippen LogP contribution in [0.15, 0.2) is 30.5 Å². The van der Waals surface area contributed by atoms with E-state index in [1.165, 1.54) is 11.3 Å². The van der Waals surface area contributed by atoms with Gasteiger partial charge >= 0.3 is 0 Å². The first kappa shape index (κ1) is 19.3. The molecule has 2 aromatic rings. The molecule has 0 bridgehead atoms. The molecule has 0 aliphatic carbocycles. The summed E-state index contributed by atoms with van der Waals surface area (Å²) in [6, 6.07) is 7.65. The lowest BCUT2D eigenvalue weighted by Crippen LogP contribution is -2.43. The number of rotatable bonds is 6. The lowest BCUT2D eigenvalue weighted by atomic mass is 9.97. The van der Waals surface area contributed by atoms with Gasteiger partial charge in [-0.05, 0) is 51.2 Å². The summed E-state index contributed by atoms with van der Waals surface area (Å²) in [4.78, 5) is 22.6. The van der Waals surface area contributed by atoms with Crippen LogP contribution in [0.4, 0.5) is 5.13 Å². The zero-order chi connectivity index (χ0) is 18.5. The minimum Gasteiger partial charge on any atom is -0.308 e. The van der Waals surface area contributed by atoms with Gasteiger partial charge in [0, 0.05) is 30.9 Å². The van der Waals surface area contributed by atoms with Gasteiger partial charge in [0.1, 0.15) is 0 Å². The predicted molar refractivity (Wildman–Crippen MR) is 109 cm³/mol. The van der Waals surface area contributed by atoms with E-state index >= 15 is 0 Å². The maximum atomic E-state index is 12.6. The Kier molecular flexibility index (Phi) is 6.64. The number of amides is 1. The summed E-state index contributed by atoms with van der Waals surface area (Å²) in [5.74, 6) is 0.116. The molecular formula is C19H25ClN4OS. The number of hydrogen-bond donors (Lipinski definition) is 1. The molecule has 2 heterocycles. The normalized spacial score (nSPS) is 18.2. The van der Waals surface area contributed by atoms with Gasteiger partial charge in [-0.3, -0.25) is 4.79 Å². The molecule has 1 aliphatic heterocycles. The minimum atomic E-state index is 0.0359. The molecule has 1 unspecified atom stereocenters. The van der Waals surface area contributed by atoms with E-state index in [1.54, 1.807) is 6.20 Å². The van der Waals surface area contributed by atoms with Crippen LogP contribution in [0.3, 0.4) is 0 Å². The second-order valence-corrected chi connectivity index (χ2v) is 8.44. The molecule has 26 heavy (non-hydrogen) atoms. The van der Waals surface area contributed by atoms with Gasteiger partial charge in [0.15, 0.2) is 5.13 Å². The fraction of sp³-hybridized carbons (Fsp3) is 0.474. The number of thiazole rings is 1. The molecule has 0 spiro atoms. The Hall–Kier alpha value is -1.47. The number of likely N-dealkylation sites (tertiary alicyclic amines) is 1. The predicted octanol–water partition coefficient (Wildman–Crippen LogP) is 3.68. The van der Waals surface area contributed by atoms with Crippen molar-refractivity contribution in [3.05, 3.63) is 35.5 Å². The van der Waals surface area contributed by atoms with Crippen LogP contribution in [0.25, 0.3) is 10.4 Å². The molecule has 0 saturated carbocycles. The van der Waals surface area contributed by atoms with Crippen LogP contribution in [-0.4, -0.2) is 61.0 Å². The molecule has 7 heteroatoms. The summed E-state index contributed by atoms with van der Waals surface area (Å²) in [6.45, 7) is 3.94. The Morgan fingerprint density at radius 3 is 2.88 bits per heavy atom. The van der Waals surface area contributed by atoms with Crippen molar-refractivity contribution in [3.8, 4) is 10.4 Å². The van der Waals surface area contributed by atoms with Crippen molar-refractivity contribution in [2.24, 2.45) is 5.92 Å². The molecule has 0 radical (unpaired) electrons. The van der Waals surface area contributed by atoms with Crippen LogP contribution < -0.4 is 5.32 Å². The fourth-order valence-electron chi connectivity index (χ4n) is 3.10. The molecule has 1 N–H and O–H groups in total. The molecule has 1 aromatic heterocycles. The lowest BCUT2D eigenvalue weighted by Gasteiger charge is -2.32. The first-order chi connectivity index (χ1) is 12.5. The largest absolute Gasteiger partial charge is 0.308 e. The van der Waals surface area contributed by atoms with Crippen molar-refractivity contribution >= 4 is 34.0 Å². The first-order valence-electron chi connectivity index (χ1n) is 8.91. The average molecular weight is 393 g/mol. The highest BCUT2D eigenvalue weighted by atomic mass is 35.5. The number of benzene rings is 1. The molecule has 140 valence electrons. The van der Waals surface area contributed by atoms with E-state index < -0.39 is 0 Å². The number of nitrogens with one attached hydrogen (secondary N) is 1. The van der Waals surface area contributed by atoms with Crippen LogP contribution >= 0.6 is 22.9 Å². The van der Waals surface area contributed by atoms with Crippen molar-refractivity contribution in [2.45, 2.75) is 12.8 Å². The van der Waals surface area contributed by atoms with Gasteiger partial charge in [0.2, 0.25) is 5.91 Å². The SMILES string of the molecule is CN(C)CCN1CCCC(C(=O)Nc2ncc(-c3ccc(Cl)cc3)s2)C1. The van der Waals surface area contributed by atoms with Crippen molar-refractivity contribution in [3.63, 3.8) is 0 Å². The summed E-state index contributed by atoms with van der Waals surface area (Å²) in [5, 5.41) is 4.37. The highest BCUT2D eigenvalue weighted by molar-refractivity contribution is 7.19. The zero-order valence-electron chi connectivity index (χ0n) is 15.2. The van der Waals surface area contributed by atoms with Crippen molar-refractivity contribution in [1.29, 1.82) is 0 Å². The van der Waals surface area contributed by atoms with Gasteiger partial charge in [0.25, 0.3) is 0 Å². The van der Waals surface area contributed by atoms with Crippen LogP contribution in [0.1, 0.15) is 12.8 Å². The van der Waals surface area contributed by atoms with Crippen LogP contribution in [0.5, 0.6) is 0 Å². The Morgan fingerprint density at radius 1 is 1.38 bits per heavy atom. The second-order valence-electron chi connectivity index (χ2n) is 6.97. The number of carbonyl (C=O) groups is 1. The smallest absolute Gasteiger partial charge is 0.230 e. The Labute approximate surface area is 164 Å². The number of anilines is 1. The number of hydrogen-bond acceptors (Lipinski definition) is 5. The number of piperidine rings is 1. The third-order valence-electron chi connectivity index (χ3n) is 4.60. The van der Waals surface area contributed by atoms with E-state index in [0.29, 0.717) is 10.2 Å². The maximum absolute atomic E-state index is 12.6. The monoisotopic (exact) mass is 392 g/mol. The standard InChI is InChI=1S/C19H25ClN4OS/c1-23(2)10-11-24-9-3-4-15(13-24)18(25)22-19-21-12-17(26-19)14-5-7-16(20)8-6-14/h5-8,12,15H,3-4,9-11,13H2,1-2H3,(H,21,22,25). The number of carbonyl (C=O) groups excluding carboxylic acids is 1. The number of nitrogens with zero attached hydrogens (tertiary/aromatic N) is 3. The van der Waals surface area contributed by atoms with E-state index in [-0.39, 0.29) is 11.8 Å². The summed E-state index contributed by atoms with van der Waals surface area (Å²) < 4.78 is 0. The molecule has 3 rings (SSSR count). The zero-order valence-corrected chi connectivity index (χ0v) is 16.8. The molecule has 1 atom stereocenters. The van der Waals surface area contributed by atoms with Gasteiger partial charge in [0.05, 0.1) is 10.8 Å². The number of likely N-dealkylation sites (N-methyl/N-ethyl adjacent to an activating group) is 1. The molecule has 1 saturated heterocycles. The highest BCUT2D eigenvalue weighted by Gasteiger charge is 2.26. The number of halogens is 1. The summed E-state index contributed by atoms with van der Waals surface area (Å²) in [6.07, 6.45) is 3.81. The van der Waals surface area contributed by atoms with Crippen molar-refractivity contribution < 1.29 is 4.79 Å². The van der Waals surface area contributed by atoms with E-state index in [9.17, 15) is 4.79 Å². The molecule has 1 aliphatic rings. The topological polar surface area (TPSA) is 48.5 Å². The summed E-state index contributed by atoms with van der Waals surface area (Å²) in [5.41, 5.74) is 1.06. The molecule has 1 amide bonds. The Bertz CT molecular complexity index is 731. The Morgan fingerprint density at radius 2 is 2.15 bits per heavy atom. The second kappa shape index (κ2) is 8.95. The Balaban J connectivity index is 1.57. The summed E-state index contributed by atoms with van der Waals surface area (Å²) in [7, 11) is 4.16. The minimum absolute atomic E-state index is 0.0359. The summed E-state index contributed by atoms with van der Waals surface area (Å²) >= 11 is 7.43. The van der Waals surface area contributed by atoms with E-state index in [2.05, 4.69) is 34.2 Å². The van der Waals surface area contributed by atoms with Gasteiger partial charge in [-0.2, -0.15) is 0 Å². The van der Waals surface area contributed by atoms with Crippen molar-refractivity contribution in [1.82, 2.24) is 14.8 Å². The highest BCUT2D eigenvalue weighted by Crippen LogP contribution is 2.30. The van der Waals surface area contributed by atoms with Crippen LogP contribution in [0, 0.1) is 5.92 Å². The quantitative estimate of drug-likeness (QED) is 0.814.